The molecule has 1 aromatic carbocycles. The number of ether oxygens (including phenoxy) is 1. The van der Waals surface area contributed by atoms with E-state index in [9.17, 15) is 9.59 Å². The van der Waals surface area contributed by atoms with Crippen molar-refractivity contribution in [2.24, 2.45) is 0 Å². The van der Waals surface area contributed by atoms with Gasteiger partial charge < -0.3 is 15.0 Å². The predicted molar refractivity (Wildman–Crippen MR) is 83.3 cm³/mol. The summed E-state index contributed by atoms with van der Waals surface area (Å²) in [6.07, 6.45) is 0. The topological polar surface area (TPSA) is 63.1 Å². The summed E-state index contributed by atoms with van der Waals surface area (Å²) in [7, 11) is 0. The van der Waals surface area contributed by atoms with E-state index in [0.717, 1.165) is 23.1 Å². The van der Waals surface area contributed by atoms with Crippen LogP contribution in [0.15, 0.2) is 28.7 Å². The van der Waals surface area contributed by atoms with E-state index < -0.39 is 5.54 Å². The zero-order valence-electron chi connectivity index (χ0n) is 12.4. The highest BCUT2D eigenvalue weighted by Gasteiger charge is 2.50. The van der Waals surface area contributed by atoms with Crippen LogP contribution in [0, 0.1) is 0 Å². The van der Waals surface area contributed by atoms with Crippen LogP contribution < -0.4 is 10.2 Å². The molecule has 3 amide bonds. The third-order valence-electron chi connectivity index (χ3n) is 4.28. The summed E-state index contributed by atoms with van der Waals surface area (Å²) in [4.78, 5) is 27.5. The second kappa shape index (κ2) is 5.98. The lowest BCUT2D eigenvalue weighted by Gasteiger charge is -2.27. The van der Waals surface area contributed by atoms with Crippen LogP contribution >= 0.6 is 15.9 Å². The summed E-state index contributed by atoms with van der Waals surface area (Å²) in [5, 5.41) is 2.83. The number of amides is 3. The minimum absolute atomic E-state index is 0.196. The number of nitrogens with zero attached hydrogens (tertiary/aromatic N) is 1. The van der Waals surface area contributed by atoms with Gasteiger partial charge in [0.1, 0.15) is 18.6 Å². The lowest BCUT2D eigenvalue weighted by molar-refractivity contribution is -0.915. The molecule has 0 unspecified atom stereocenters. The van der Waals surface area contributed by atoms with Gasteiger partial charge in [-0.05, 0) is 24.6 Å². The maximum Gasteiger partial charge on any atom is 0.329 e. The van der Waals surface area contributed by atoms with E-state index in [1.807, 2.05) is 24.3 Å². The Morgan fingerprint density at radius 3 is 2.55 bits per heavy atom. The summed E-state index contributed by atoms with van der Waals surface area (Å²) in [6.45, 7) is 5.11. The number of urea groups is 1. The Balaban J connectivity index is 1.79. The first-order chi connectivity index (χ1) is 10.5. The Morgan fingerprint density at radius 1 is 1.27 bits per heavy atom. The van der Waals surface area contributed by atoms with E-state index in [4.69, 9.17) is 4.74 Å². The molecule has 2 aliphatic heterocycles. The quantitative estimate of drug-likeness (QED) is 0.743. The van der Waals surface area contributed by atoms with E-state index in [0.29, 0.717) is 19.9 Å². The van der Waals surface area contributed by atoms with Crippen LogP contribution in [0.25, 0.3) is 0 Å². The minimum Gasteiger partial charge on any atom is -0.370 e. The maximum atomic E-state index is 12.8. The Bertz CT molecular complexity index is 586. The van der Waals surface area contributed by atoms with Crippen molar-refractivity contribution >= 4 is 27.9 Å². The van der Waals surface area contributed by atoms with Crippen molar-refractivity contribution in [2.45, 2.75) is 12.5 Å². The van der Waals surface area contributed by atoms with Gasteiger partial charge in [-0.1, -0.05) is 28.1 Å². The molecule has 6 nitrogen and oxygen atoms in total. The van der Waals surface area contributed by atoms with Gasteiger partial charge in [-0.15, -0.1) is 0 Å². The van der Waals surface area contributed by atoms with E-state index in [2.05, 4.69) is 21.2 Å². The number of benzene rings is 1. The molecule has 2 aliphatic rings. The molecule has 0 aromatic heterocycles. The summed E-state index contributed by atoms with van der Waals surface area (Å²) in [5.74, 6) is -0.196. The number of nitrogens with one attached hydrogen (secondary N) is 2. The zero-order chi connectivity index (χ0) is 15.7. The molecule has 1 aromatic rings. The molecule has 2 fully saturated rings. The number of carbonyl (C=O) groups excluding carboxylic acids is 2. The van der Waals surface area contributed by atoms with E-state index >= 15 is 0 Å². The van der Waals surface area contributed by atoms with E-state index in [1.54, 1.807) is 6.92 Å². The highest BCUT2D eigenvalue weighted by Crippen LogP contribution is 2.29. The summed E-state index contributed by atoms with van der Waals surface area (Å²) >= 11 is 3.38. The number of quaternary nitrogens is 1. The van der Waals surface area contributed by atoms with Crippen LogP contribution in [0.5, 0.6) is 0 Å². The van der Waals surface area contributed by atoms with Gasteiger partial charge >= 0.3 is 6.03 Å². The monoisotopic (exact) mass is 368 g/mol. The average molecular weight is 369 g/mol. The van der Waals surface area contributed by atoms with Crippen LogP contribution in [0.3, 0.4) is 0 Å². The second-order valence-corrected chi connectivity index (χ2v) is 6.73. The smallest absolute Gasteiger partial charge is 0.329 e. The minimum atomic E-state index is -0.997. The highest BCUT2D eigenvalue weighted by molar-refractivity contribution is 9.10. The van der Waals surface area contributed by atoms with Crippen molar-refractivity contribution in [1.29, 1.82) is 0 Å². The average Bonchev–Trinajstić information content (AvgIpc) is 2.73. The largest absolute Gasteiger partial charge is 0.370 e. The van der Waals surface area contributed by atoms with Gasteiger partial charge in [0.15, 0.2) is 6.67 Å². The van der Waals surface area contributed by atoms with Gasteiger partial charge in [0.05, 0.1) is 13.2 Å². The number of rotatable bonds is 3. The molecule has 0 aliphatic carbocycles. The molecule has 0 saturated carbocycles. The van der Waals surface area contributed by atoms with Crippen LogP contribution in [-0.2, 0) is 15.1 Å². The predicted octanol–water partition coefficient (Wildman–Crippen LogP) is 0.0887. The molecule has 7 heteroatoms. The molecule has 22 heavy (non-hydrogen) atoms. The Labute approximate surface area is 137 Å². The second-order valence-electron chi connectivity index (χ2n) is 5.82. The number of carbonyl (C=O) groups is 2. The maximum absolute atomic E-state index is 12.8. The lowest BCUT2D eigenvalue weighted by Crippen LogP contribution is -3.15. The Kier molecular flexibility index (Phi) is 4.20. The molecule has 2 N–H and O–H groups in total. The Morgan fingerprint density at radius 2 is 1.91 bits per heavy atom. The number of hydrogen-bond acceptors (Lipinski definition) is 3. The number of hydrogen-bond donors (Lipinski definition) is 2. The zero-order valence-corrected chi connectivity index (χ0v) is 14.0. The summed E-state index contributed by atoms with van der Waals surface area (Å²) in [6, 6.07) is 7.13. The molecule has 2 saturated heterocycles. The molecule has 3 rings (SSSR count). The van der Waals surface area contributed by atoms with Gasteiger partial charge in [-0.25, -0.2) is 9.69 Å². The van der Waals surface area contributed by atoms with Gasteiger partial charge in [0.25, 0.3) is 5.91 Å². The van der Waals surface area contributed by atoms with E-state index in [-0.39, 0.29) is 11.9 Å². The molecular formula is C15H19BrN3O3+. The molecule has 0 bridgehead atoms. The molecule has 1 atom stereocenters. The third kappa shape index (κ3) is 2.76. The highest BCUT2D eigenvalue weighted by atomic mass is 79.9. The Hall–Kier alpha value is -1.44. The number of imide groups is 1. The van der Waals surface area contributed by atoms with Crippen LogP contribution in [-0.4, -0.2) is 49.8 Å². The van der Waals surface area contributed by atoms with Crippen molar-refractivity contribution in [2.75, 3.05) is 33.0 Å². The first-order valence-electron chi connectivity index (χ1n) is 7.32. The summed E-state index contributed by atoms with van der Waals surface area (Å²) < 4.78 is 6.25. The molecule has 2 heterocycles. The van der Waals surface area contributed by atoms with Gasteiger partial charge in [0.2, 0.25) is 0 Å². The van der Waals surface area contributed by atoms with Gasteiger partial charge in [0, 0.05) is 4.47 Å². The van der Waals surface area contributed by atoms with Gasteiger partial charge in [-0.3, -0.25) is 4.79 Å². The van der Waals surface area contributed by atoms with Crippen molar-refractivity contribution in [3.05, 3.63) is 34.3 Å². The van der Waals surface area contributed by atoms with Crippen molar-refractivity contribution in [3.63, 3.8) is 0 Å². The van der Waals surface area contributed by atoms with Crippen LogP contribution in [0.4, 0.5) is 4.79 Å². The fourth-order valence-corrected chi connectivity index (χ4v) is 3.13. The number of halogens is 1. The molecular weight excluding hydrogens is 350 g/mol. The standard InChI is InChI=1S/C15H18BrN3O3/c1-15(11-2-4-12(16)5-3-11)13(20)19(14(21)17-15)10-18-6-8-22-9-7-18/h2-5H,6-10H2,1H3,(H,17,21)/p+1/t15-/m0/s1. The molecule has 118 valence electrons. The van der Waals surface area contributed by atoms with Crippen molar-refractivity contribution < 1.29 is 19.2 Å². The third-order valence-corrected chi connectivity index (χ3v) is 4.81. The summed E-state index contributed by atoms with van der Waals surface area (Å²) in [5.41, 5.74) is -0.211. The fraction of sp³-hybridized carbons (Fsp3) is 0.467. The van der Waals surface area contributed by atoms with Crippen LogP contribution in [0.1, 0.15) is 12.5 Å². The SMILES string of the molecule is C[C@@]1(c2ccc(Br)cc2)NC(=O)N(C[NH+]2CCOCC2)C1=O. The van der Waals surface area contributed by atoms with Crippen molar-refractivity contribution in [1.82, 2.24) is 10.2 Å². The van der Waals surface area contributed by atoms with E-state index in [1.165, 1.54) is 9.80 Å². The first-order valence-corrected chi connectivity index (χ1v) is 8.11. The van der Waals surface area contributed by atoms with Crippen LogP contribution in [0.2, 0.25) is 0 Å². The molecule has 0 spiro atoms. The fourth-order valence-electron chi connectivity index (χ4n) is 2.86. The lowest BCUT2D eigenvalue weighted by atomic mass is 9.92. The normalized spacial score (nSPS) is 26.4. The molecule has 0 radical (unpaired) electrons. The number of morpholine rings is 1. The first kappa shape index (κ1) is 15.5. The van der Waals surface area contributed by atoms with Gasteiger partial charge in [-0.2, -0.15) is 0 Å². The van der Waals surface area contributed by atoms with Crippen molar-refractivity contribution in [3.8, 4) is 0 Å².